The molecule has 4 nitrogen and oxygen atoms in total. The molecule has 1 aromatic rings. The Balaban J connectivity index is 2.43. The fourth-order valence-corrected chi connectivity index (χ4v) is 1.49. The van der Waals surface area contributed by atoms with E-state index in [9.17, 15) is 13.6 Å². The van der Waals surface area contributed by atoms with Gasteiger partial charge in [0.1, 0.15) is 17.2 Å². The predicted molar refractivity (Wildman–Crippen MR) is 78.7 cm³/mol. The standard InChI is InChI=1S/C15H20F2N2O2/c1-15(2,3)21-14(20)19-7-5-4-6-10-8-12(17)13(18)9-11(10)16/h4,6,8-9H,5,7,18H2,1-3H3,(H,19,20). The average Bonchev–Trinajstić information content (AvgIpc) is 2.32. The summed E-state index contributed by atoms with van der Waals surface area (Å²) in [6.45, 7) is 5.64. The van der Waals surface area contributed by atoms with E-state index in [0.717, 1.165) is 12.1 Å². The van der Waals surface area contributed by atoms with Crippen LogP contribution < -0.4 is 11.1 Å². The van der Waals surface area contributed by atoms with Gasteiger partial charge in [0.25, 0.3) is 0 Å². The fourth-order valence-electron chi connectivity index (χ4n) is 1.49. The molecule has 0 saturated carbocycles. The van der Waals surface area contributed by atoms with Crippen LogP contribution >= 0.6 is 0 Å². The number of alkyl carbamates (subject to hydrolysis) is 1. The molecule has 0 fully saturated rings. The molecule has 0 aliphatic rings. The summed E-state index contributed by atoms with van der Waals surface area (Å²) in [6, 6.07) is 1.97. The van der Waals surface area contributed by atoms with Gasteiger partial charge in [-0.1, -0.05) is 12.2 Å². The summed E-state index contributed by atoms with van der Waals surface area (Å²) in [4.78, 5) is 11.3. The van der Waals surface area contributed by atoms with Crippen molar-refractivity contribution in [3.8, 4) is 0 Å². The Hall–Kier alpha value is -2.11. The summed E-state index contributed by atoms with van der Waals surface area (Å²) in [5.41, 5.74) is 4.58. The van der Waals surface area contributed by atoms with E-state index < -0.39 is 23.3 Å². The van der Waals surface area contributed by atoms with Crippen molar-refractivity contribution in [3.63, 3.8) is 0 Å². The maximum absolute atomic E-state index is 13.5. The van der Waals surface area contributed by atoms with Gasteiger partial charge < -0.3 is 15.8 Å². The zero-order valence-corrected chi connectivity index (χ0v) is 12.4. The van der Waals surface area contributed by atoms with E-state index in [-0.39, 0.29) is 11.3 Å². The summed E-state index contributed by atoms with van der Waals surface area (Å²) in [5, 5.41) is 2.56. The first-order chi connectivity index (χ1) is 9.69. The van der Waals surface area contributed by atoms with Crippen LogP contribution in [0.4, 0.5) is 19.3 Å². The Morgan fingerprint density at radius 1 is 1.33 bits per heavy atom. The summed E-state index contributed by atoms with van der Waals surface area (Å²) < 4.78 is 31.7. The Labute approximate surface area is 123 Å². The molecular weight excluding hydrogens is 278 g/mol. The number of hydrogen-bond acceptors (Lipinski definition) is 3. The number of carbonyl (C=O) groups is 1. The monoisotopic (exact) mass is 298 g/mol. The Kier molecular flexibility index (Phi) is 5.69. The highest BCUT2D eigenvalue weighted by Crippen LogP contribution is 2.17. The largest absolute Gasteiger partial charge is 0.444 e. The van der Waals surface area contributed by atoms with E-state index in [4.69, 9.17) is 10.5 Å². The molecule has 21 heavy (non-hydrogen) atoms. The van der Waals surface area contributed by atoms with Crippen molar-refractivity contribution in [1.29, 1.82) is 0 Å². The van der Waals surface area contributed by atoms with Gasteiger partial charge in [-0.15, -0.1) is 0 Å². The molecule has 0 spiro atoms. The molecule has 1 amide bonds. The molecule has 1 rings (SSSR count). The molecule has 0 aliphatic carbocycles. The van der Waals surface area contributed by atoms with Crippen LogP contribution in [0, 0.1) is 11.6 Å². The fraction of sp³-hybridized carbons (Fsp3) is 0.400. The van der Waals surface area contributed by atoms with Gasteiger partial charge >= 0.3 is 6.09 Å². The molecule has 0 aromatic heterocycles. The summed E-state index contributed by atoms with van der Waals surface area (Å²) in [5.74, 6) is -1.26. The number of nitrogens with two attached hydrogens (primary N) is 1. The maximum atomic E-state index is 13.5. The smallest absolute Gasteiger partial charge is 0.407 e. The zero-order valence-electron chi connectivity index (χ0n) is 12.4. The molecular formula is C15H20F2N2O2. The van der Waals surface area contributed by atoms with E-state index in [2.05, 4.69) is 5.32 Å². The van der Waals surface area contributed by atoms with Crippen LogP contribution in [0.25, 0.3) is 6.08 Å². The second-order valence-corrected chi connectivity index (χ2v) is 5.51. The third kappa shape index (κ3) is 6.25. The predicted octanol–water partition coefficient (Wildman–Crippen LogP) is 3.48. The number of benzene rings is 1. The van der Waals surface area contributed by atoms with Crippen LogP contribution in [0.2, 0.25) is 0 Å². The number of halogens is 2. The van der Waals surface area contributed by atoms with Crippen molar-refractivity contribution < 1.29 is 18.3 Å². The molecule has 3 N–H and O–H groups in total. The SMILES string of the molecule is CC(C)(C)OC(=O)NCCC=Cc1cc(F)c(N)cc1F. The van der Waals surface area contributed by atoms with Gasteiger partial charge in [-0.2, -0.15) is 0 Å². The molecule has 116 valence electrons. The first-order valence-electron chi connectivity index (χ1n) is 6.57. The molecule has 1 aromatic carbocycles. The Morgan fingerprint density at radius 3 is 2.62 bits per heavy atom. The lowest BCUT2D eigenvalue weighted by atomic mass is 10.1. The van der Waals surface area contributed by atoms with E-state index in [0.29, 0.717) is 13.0 Å². The van der Waals surface area contributed by atoms with Crippen LogP contribution in [0.1, 0.15) is 32.8 Å². The Morgan fingerprint density at radius 2 is 2.00 bits per heavy atom. The van der Waals surface area contributed by atoms with Gasteiger partial charge in [0.05, 0.1) is 5.69 Å². The normalized spacial score (nSPS) is 11.7. The molecule has 0 bridgehead atoms. The van der Waals surface area contributed by atoms with E-state index >= 15 is 0 Å². The second kappa shape index (κ2) is 7.06. The van der Waals surface area contributed by atoms with Gasteiger partial charge in [0.2, 0.25) is 0 Å². The van der Waals surface area contributed by atoms with Gasteiger partial charge in [0.15, 0.2) is 0 Å². The lowest BCUT2D eigenvalue weighted by Crippen LogP contribution is -2.32. The first-order valence-corrected chi connectivity index (χ1v) is 6.57. The van der Waals surface area contributed by atoms with Gasteiger partial charge in [-0.25, -0.2) is 13.6 Å². The topological polar surface area (TPSA) is 64.3 Å². The van der Waals surface area contributed by atoms with E-state index in [1.165, 1.54) is 6.08 Å². The average molecular weight is 298 g/mol. The number of nitrogens with one attached hydrogen (secondary N) is 1. The summed E-state index contributed by atoms with van der Waals surface area (Å²) in [6.07, 6.45) is 3.02. The van der Waals surface area contributed by atoms with E-state index in [1.54, 1.807) is 26.8 Å². The highest BCUT2D eigenvalue weighted by Gasteiger charge is 2.15. The van der Waals surface area contributed by atoms with Crippen LogP contribution in [0.5, 0.6) is 0 Å². The Bertz CT molecular complexity index is 537. The summed E-state index contributed by atoms with van der Waals surface area (Å²) >= 11 is 0. The van der Waals surface area contributed by atoms with Gasteiger partial charge in [0, 0.05) is 18.2 Å². The van der Waals surface area contributed by atoms with Crippen LogP contribution in [0.15, 0.2) is 18.2 Å². The highest BCUT2D eigenvalue weighted by atomic mass is 19.1. The van der Waals surface area contributed by atoms with Crippen molar-refractivity contribution in [2.24, 2.45) is 0 Å². The van der Waals surface area contributed by atoms with Gasteiger partial charge in [-0.3, -0.25) is 0 Å². The van der Waals surface area contributed by atoms with Crippen molar-refractivity contribution in [2.75, 3.05) is 12.3 Å². The number of anilines is 1. The van der Waals surface area contributed by atoms with E-state index in [1.807, 2.05) is 0 Å². The first kappa shape index (κ1) is 16.9. The number of amides is 1. The van der Waals surface area contributed by atoms with Crippen LogP contribution in [0.3, 0.4) is 0 Å². The van der Waals surface area contributed by atoms with Crippen molar-refractivity contribution in [1.82, 2.24) is 5.32 Å². The van der Waals surface area contributed by atoms with Crippen molar-refractivity contribution in [3.05, 3.63) is 35.4 Å². The van der Waals surface area contributed by atoms with Crippen molar-refractivity contribution in [2.45, 2.75) is 32.8 Å². The highest BCUT2D eigenvalue weighted by molar-refractivity contribution is 5.67. The molecule has 0 atom stereocenters. The minimum atomic E-state index is -0.664. The number of carbonyl (C=O) groups excluding carboxylic acids is 1. The minimum absolute atomic E-state index is 0.110. The number of nitrogen functional groups attached to an aromatic ring is 1. The maximum Gasteiger partial charge on any atom is 0.407 e. The lowest BCUT2D eigenvalue weighted by molar-refractivity contribution is 0.0529. The molecule has 6 heteroatoms. The van der Waals surface area contributed by atoms with Gasteiger partial charge in [-0.05, 0) is 33.3 Å². The molecule has 0 aliphatic heterocycles. The molecule has 0 saturated heterocycles. The third-order valence-electron chi connectivity index (χ3n) is 2.39. The molecule has 0 unspecified atom stereocenters. The number of ether oxygens (including phenoxy) is 1. The molecule has 0 heterocycles. The van der Waals surface area contributed by atoms with Crippen LogP contribution in [-0.2, 0) is 4.74 Å². The zero-order chi connectivity index (χ0) is 16.0. The third-order valence-corrected chi connectivity index (χ3v) is 2.39. The minimum Gasteiger partial charge on any atom is -0.444 e. The lowest BCUT2D eigenvalue weighted by Gasteiger charge is -2.19. The van der Waals surface area contributed by atoms with Crippen molar-refractivity contribution >= 4 is 17.9 Å². The second-order valence-electron chi connectivity index (χ2n) is 5.51. The van der Waals surface area contributed by atoms with Crippen LogP contribution in [-0.4, -0.2) is 18.2 Å². The molecule has 0 radical (unpaired) electrons. The number of rotatable bonds is 4. The number of hydrogen-bond donors (Lipinski definition) is 2. The quantitative estimate of drug-likeness (QED) is 0.661. The summed E-state index contributed by atoms with van der Waals surface area (Å²) in [7, 11) is 0.